The van der Waals surface area contributed by atoms with Crippen molar-refractivity contribution in [2.75, 3.05) is 13.2 Å². The van der Waals surface area contributed by atoms with Gasteiger partial charge in [0.1, 0.15) is 29.8 Å². The van der Waals surface area contributed by atoms with Crippen molar-refractivity contribution in [3.63, 3.8) is 0 Å². The van der Waals surface area contributed by atoms with E-state index in [0.717, 1.165) is 40.4 Å². The maximum absolute atomic E-state index is 14.5. The summed E-state index contributed by atoms with van der Waals surface area (Å²) in [5.74, 6) is -1.21. The first-order valence-electron chi connectivity index (χ1n) is 15.8. The van der Waals surface area contributed by atoms with Gasteiger partial charge in [0.2, 0.25) is 5.91 Å². The highest BCUT2D eigenvalue weighted by Crippen LogP contribution is 2.63. The third-order valence-corrected chi connectivity index (χ3v) is 10.9. The average molecular weight is 730 g/mol. The molecule has 3 N–H and O–H groups in total. The maximum atomic E-state index is 14.5. The Morgan fingerprint density at radius 1 is 0.978 bits per heavy atom. The summed E-state index contributed by atoms with van der Waals surface area (Å²) < 4.78 is 20.9. The van der Waals surface area contributed by atoms with Gasteiger partial charge in [0, 0.05) is 40.5 Å². The number of benzene rings is 2. The number of hydrogen-bond donors (Lipinski definition) is 3. The molecular weight excluding hydrogens is 693 g/mol. The molecule has 8 rings (SSSR count). The summed E-state index contributed by atoms with van der Waals surface area (Å²) in [7, 11) is 0. The lowest BCUT2D eigenvalue weighted by Crippen LogP contribution is -2.69. The predicted octanol–water partition coefficient (Wildman–Crippen LogP) is 2.43. The molecular formula is C33H36IN3O8. The standard InChI is InChI=1S/C33H36IN3O8/c34-23-10-4-18(5-11-23)17-37-27-30(40)42-24-15-32(27,31(41)36-16-19-2-1-3-20(14-19)29(39)35-12-13-38)28(45-37)26-25(24)43-33(44-26,21-6-7-21)22-8-9-22/h1-5,10-11,14,21-22,24-28,38H,6-9,12-13,15-17H2,(H,35,39)(H,36,41)/t24-,25+,26+,27+,28-,32+/m1/s1. The monoisotopic (exact) mass is 729 g/mol. The van der Waals surface area contributed by atoms with Crippen molar-refractivity contribution in [2.24, 2.45) is 17.3 Å². The fourth-order valence-corrected chi connectivity index (χ4v) is 8.24. The van der Waals surface area contributed by atoms with E-state index in [1.165, 1.54) is 0 Å². The van der Waals surface area contributed by atoms with Gasteiger partial charge in [0.25, 0.3) is 5.91 Å². The Morgan fingerprint density at radius 3 is 2.42 bits per heavy atom. The third kappa shape index (κ3) is 4.99. The van der Waals surface area contributed by atoms with E-state index in [0.29, 0.717) is 23.9 Å². The van der Waals surface area contributed by atoms with Crippen LogP contribution in [-0.2, 0) is 41.7 Å². The van der Waals surface area contributed by atoms with Gasteiger partial charge in [0.05, 0.1) is 13.2 Å². The largest absolute Gasteiger partial charge is 0.458 e. The summed E-state index contributed by atoms with van der Waals surface area (Å²) in [6, 6.07) is 14.0. The number of carbonyl (C=O) groups is 3. The second-order valence-corrected chi connectivity index (χ2v) is 14.4. The molecule has 3 heterocycles. The molecule has 2 bridgehead atoms. The van der Waals surface area contributed by atoms with Gasteiger partial charge < -0.3 is 30.0 Å². The Balaban J connectivity index is 1.11. The number of hydrogen-bond acceptors (Lipinski definition) is 9. The number of aliphatic hydroxyl groups is 1. The smallest absolute Gasteiger partial charge is 0.327 e. The molecule has 2 amide bonds. The Labute approximate surface area is 274 Å². The van der Waals surface area contributed by atoms with E-state index < -0.39 is 47.6 Å². The van der Waals surface area contributed by atoms with Gasteiger partial charge >= 0.3 is 5.97 Å². The summed E-state index contributed by atoms with van der Waals surface area (Å²) in [4.78, 5) is 47.5. The zero-order chi connectivity index (χ0) is 30.9. The first-order valence-corrected chi connectivity index (χ1v) is 16.9. The minimum atomic E-state index is -1.26. The molecule has 6 aliphatic rings. The van der Waals surface area contributed by atoms with Gasteiger partial charge in [-0.2, -0.15) is 5.06 Å². The van der Waals surface area contributed by atoms with Gasteiger partial charge in [-0.15, -0.1) is 0 Å². The molecule has 11 nitrogen and oxygen atoms in total. The highest BCUT2D eigenvalue weighted by Gasteiger charge is 2.78. The SMILES string of the molecule is O=C(NCCO)c1cccc(CNC(=O)[C@@]23C[C@H]4OC(=O)[C@@H]2N(Cc2ccc(I)cc2)O[C@@H]3[C@H]2OC(C3CC3)(C3CC3)O[C@H]24)c1. The number of esters is 1. The van der Waals surface area contributed by atoms with Crippen LogP contribution in [0.2, 0.25) is 0 Å². The molecule has 6 atom stereocenters. The number of rotatable bonds is 10. The second-order valence-electron chi connectivity index (χ2n) is 13.1. The minimum Gasteiger partial charge on any atom is -0.458 e. The number of nitrogens with zero attached hydrogens (tertiary/aromatic N) is 1. The van der Waals surface area contributed by atoms with Crippen molar-refractivity contribution in [1.82, 2.24) is 15.7 Å². The van der Waals surface area contributed by atoms with Gasteiger partial charge in [-0.05, 0) is 83.7 Å². The van der Waals surface area contributed by atoms with E-state index in [2.05, 4.69) is 33.2 Å². The van der Waals surface area contributed by atoms with E-state index in [-0.39, 0.29) is 37.9 Å². The molecule has 3 aliphatic heterocycles. The Kier molecular flexibility index (Phi) is 7.45. The lowest BCUT2D eigenvalue weighted by molar-refractivity contribution is -0.235. The second kappa shape index (κ2) is 11.3. The summed E-state index contributed by atoms with van der Waals surface area (Å²) in [6.07, 6.45) is 1.98. The van der Waals surface area contributed by atoms with Crippen LogP contribution in [0.1, 0.15) is 53.6 Å². The maximum Gasteiger partial charge on any atom is 0.327 e. The first-order chi connectivity index (χ1) is 21.8. The average Bonchev–Trinajstić information content (AvgIpc) is 3.99. The molecule has 3 saturated heterocycles. The number of hydroxylamine groups is 2. The molecule has 238 valence electrons. The summed E-state index contributed by atoms with van der Waals surface area (Å²) in [6.45, 7) is 0.443. The molecule has 0 aromatic heterocycles. The zero-order valence-corrected chi connectivity index (χ0v) is 26.8. The van der Waals surface area contributed by atoms with Crippen molar-refractivity contribution in [3.8, 4) is 0 Å². The molecule has 3 aliphatic carbocycles. The number of carbonyl (C=O) groups excluding carboxylic acids is 3. The fraction of sp³-hybridized carbons (Fsp3) is 0.545. The fourth-order valence-electron chi connectivity index (χ4n) is 7.88. The van der Waals surface area contributed by atoms with Crippen LogP contribution in [-0.4, -0.2) is 77.3 Å². The van der Waals surface area contributed by atoms with Crippen molar-refractivity contribution < 1.29 is 38.5 Å². The number of ether oxygens (including phenoxy) is 3. The Hall–Kier alpha value is -2.62. The number of halogens is 1. The third-order valence-electron chi connectivity index (χ3n) is 10.2. The first kappa shape index (κ1) is 29.8. The lowest BCUT2D eigenvalue weighted by atomic mass is 9.62. The molecule has 45 heavy (non-hydrogen) atoms. The summed E-state index contributed by atoms with van der Waals surface area (Å²) in [5, 5.41) is 16.4. The van der Waals surface area contributed by atoms with Crippen LogP contribution >= 0.6 is 22.6 Å². The molecule has 0 spiro atoms. The molecule has 0 radical (unpaired) electrons. The van der Waals surface area contributed by atoms with Crippen molar-refractivity contribution in [2.45, 2.75) is 81.4 Å². The van der Waals surface area contributed by atoms with Crippen LogP contribution in [0.4, 0.5) is 0 Å². The molecule has 0 unspecified atom stereocenters. The van der Waals surface area contributed by atoms with E-state index in [9.17, 15) is 14.4 Å². The summed E-state index contributed by atoms with van der Waals surface area (Å²) >= 11 is 2.25. The van der Waals surface area contributed by atoms with E-state index >= 15 is 0 Å². The van der Waals surface area contributed by atoms with Crippen LogP contribution in [0.3, 0.4) is 0 Å². The Morgan fingerprint density at radius 2 is 1.71 bits per heavy atom. The normalized spacial score (nSPS) is 32.9. The van der Waals surface area contributed by atoms with E-state index in [1.807, 2.05) is 30.3 Å². The Bertz CT molecular complexity index is 1500. The summed E-state index contributed by atoms with van der Waals surface area (Å²) in [5.41, 5.74) is 0.843. The number of aliphatic hydroxyl groups excluding tert-OH is 1. The topological polar surface area (TPSA) is 136 Å². The highest BCUT2D eigenvalue weighted by molar-refractivity contribution is 14.1. The number of amides is 2. The van der Waals surface area contributed by atoms with Crippen molar-refractivity contribution >= 4 is 40.4 Å². The van der Waals surface area contributed by atoms with Gasteiger partial charge in [0.15, 0.2) is 11.8 Å². The zero-order valence-electron chi connectivity index (χ0n) is 24.7. The van der Waals surface area contributed by atoms with Crippen LogP contribution in [0.5, 0.6) is 0 Å². The molecule has 12 heteroatoms. The van der Waals surface area contributed by atoms with Crippen LogP contribution in [0.15, 0.2) is 48.5 Å². The van der Waals surface area contributed by atoms with Gasteiger partial charge in [-0.25, -0.2) is 0 Å². The number of nitrogens with one attached hydrogen (secondary N) is 2. The quantitative estimate of drug-likeness (QED) is 0.249. The molecule has 6 fully saturated rings. The van der Waals surface area contributed by atoms with Crippen molar-refractivity contribution in [3.05, 3.63) is 68.8 Å². The molecule has 2 aromatic carbocycles. The molecule has 2 aromatic rings. The van der Waals surface area contributed by atoms with Crippen molar-refractivity contribution in [1.29, 1.82) is 0 Å². The van der Waals surface area contributed by atoms with Crippen LogP contribution < -0.4 is 10.6 Å². The molecule has 3 saturated carbocycles. The van der Waals surface area contributed by atoms with Gasteiger partial charge in [-0.1, -0.05) is 24.3 Å². The lowest BCUT2D eigenvalue weighted by Gasteiger charge is -2.48. The predicted molar refractivity (Wildman–Crippen MR) is 166 cm³/mol. The van der Waals surface area contributed by atoms with E-state index in [1.54, 1.807) is 23.3 Å². The van der Waals surface area contributed by atoms with E-state index in [4.69, 9.17) is 24.2 Å². The highest BCUT2D eigenvalue weighted by atomic mass is 127. The minimum absolute atomic E-state index is 0.150. The van der Waals surface area contributed by atoms with Crippen LogP contribution in [0.25, 0.3) is 0 Å². The van der Waals surface area contributed by atoms with Gasteiger partial charge in [-0.3, -0.25) is 19.2 Å². The number of fused-ring (bicyclic) bond motifs is 4. The van der Waals surface area contributed by atoms with Crippen LogP contribution in [0, 0.1) is 20.8 Å².